The predicted octanol–water partition coefficient (Wildman–Crippen LogP) is 0.345. The second-order valence-corrected chi connectivity index (χ2v) is 4.31. The summed E-state index contributed by atoms with van der Waals surface area (Å²) in [6, 6.07) is -0.309. The standard InChI is InChI=1S/C10H14ClN5O/c1-5-7(12)8(15-10(11)14-5)16-4-3-13-9(17)6(16)2/h6H,3-4,12H2,1-2H3,(H,13,17). The number of nitrogens with one attached hydrogen (secondary N) is 1. The van der Waals surface area contributed by atoms with Crippen LogP contribution in [0, 0.1) is 6.92 Å². The van der Waals surface area contributed by atoms with Crippen molar-refractivity contribution >= 4 is 29.0 Å². The number of nitrogen functional groups attached to an aromatic ring is 1. The number of carbonyl (C=O) groups excluding carboxylic acids is 1. The van der Waals surface area contributed by atoms with Gasteiger partial charge in [-0.1, -0.05) is 0 Å². The number of nitrogens with zero attached hydrogens (tertiary/aromatic N) is 3. The zero-order chi connectivity index (χ0) is 12.6. The van der Waals surface area contributed by atoms with E-state index in [1.54, 1.807) is 13.8 Å². The van der Waals surface area contributed by atoms with Crippen molar-refractivity contribution in [1.82, 2.24) is 15.3 Å². The molecule has 1 aliphatic rings. The highest BCUT2D eigenvalue weighted by Gasteiger charge is 2.28. The quantitative estimate of drug-likeness (QED) is 0.708. The van der Waals surface area contributed by atoms with Crippen molar-refractivity contribution in [3.8, 4) is 0 Å². The van der Waals surface area contributed by atoms with Gasteiger partial charge in [0.2, 0.25) is 11.2 Å². The molecule has 1 amide bonds. The van der Waals surface area contributed by atoms with E-state index >= 15 is 0 Å². The van der Waals surface area contributed by atoms with E-state index in [0.717, 1.165) is 0 Å². The number of hydrogen-bond acceptors (Lipinski definition) is 5. The smallest absolute Gasteiger partial charge is 0.242 e. The maximum atomic E-state index is 11.6. The Bertz CT molecular complexity index is 464. The van der Waals surface area contributed by atoms with Gasteiger partial charge in [0.05, 0.1) is 11.4 Å². The van der Waals surface area contributed by atoms with E-state index in [2.05, 4.69) is 15.3 Å². The van der Waals surface area contributed by atoms with Crippen LogP contribution in [0.15, 0.2) is 0 Å². The monoisotopic (exact) mass is 255 g/mol. The number of carbonyl (C=O) groups is 1. The first-order valence-corrected chi connectivity index (χ1v) is 5.72. The summed E-state index contributed by atoms with van der Waals surface area (Å²) in [5.74, 6) is 0.493. The minimum Gasteiger partial charge on any atom is -0.394 e. The molecule has 1 saturated heterocycles. The Hall–Kier alpha value is -1.56. The van der Waals surface area contributed by atoms with Crippen LogP contribution in [0.1, 0.15) is 12.6 Å². The van der Waals surface area contributed by atoms with Crippen LogP contribution >= 0.6 is 11.6 Å². The summed E-state index contributed by atoms with van der Waals surface area (Å²) in [6.07, 6.45) is 0. The lowest BCUT2D eigenvalue weighted by Crippen LogP contribution is -2.54. The van der Waals surface area contributed by atoms with Gasteiger partial charge in [0, 0.05) is 13.1 Å². The first-order valence-electron chi connectivity index (χ1n) is 5.34. The van der Waals surface area contributed by atoms with Gasteiger partial charge in [-0.25, -0.2) is 4.98 Å². The van der Waals surface area contributed by atoms with Gasteiger partial charge in [-0.05, 0) is 25.4 Å². The maximum Gasteiger partial charge on any atom is 0.242 e. The van der Waals surface area contributed by atoms with E-state index in [0.29, 0.717) is 30.3 Å². The molecule has 2 heterocycles. The van der Waals surface area contributed by atoms with E-state index in [1.165, 1.54) is 0 Å². The summed E-state index contributed by atoms with van der Waals surface area (Å²) in [7, 11) is 0. The van der Waals surface area contributed by atoms with Gasteiger partial charge in [0.1, 0.15) is 6.04 Å². The molecule has 1 aromatic heterocycles. The molecule has 1 atom stereocenters. The fourth-order valence-corrected chi connectivity index (χ4v) is 2.03. The number of halogens is 1. The summed E-state index contributed by atoms with van der Waals surface area (Å²) in [4.78, 5) is 21.5. The number of hydrogen-bond donors (Lipinski definition) is 2. The molecule has 6 nitrogen and oxygen atoms in total. The third-order valence-corrected chi connectivity index (χ3v) is 3.03. The Morgan fingerprint density at radius 1 is 1.53 bits per heavy atom. The van der Waals surface area contributed by atoms with Crippen molar-refractivity contribution in [3.63, 3.8) is 0 Å². The van der Waals surface area contributed by atoms with E-state index in [1.807, 2.05) is 4.90 Å². The molecule has 0 aliphatic carbocycles. The van der Waals surface area contributed by atoms with Gasteiger partial charge in [0.25, 0.3) is 0 Å². The first-order chi connectivity index (χ1) is 8.00. The zero-order valence-electron chi connectivity index (χ0n) is 9.70. The molecule has 1 unspecified atom stereocenters. The molecule has 1 fully saturated rings. The zero-order valence-corrected chi connectivity index (χ0v) is 10.5. The van der Waals surface area contributed by atoms with Crippen molar-refractivity contribution in [2.24, 2.45) is 0 Å². The summed E-state index contributed by atoms with van der Waals surface area (Å²) in [5, 5.41) is 2.93. The molecule has 2 rings (SSSR count). The first kappa shape index (κ1) is 11.9. The van der Waals surface area contributed by atoms with Crippen LogP contribution < -0.4 is 16.0 Å². The summed E-state index contributed by atoms with van der Waals surface area (Å²) >= 11 is 5.82. The predicted molar refractivity (Wildman–Crippen MR) is 66.0 cm³/mol. The van der Waals surface area contributed by atoms with Gasteiger partial charge >= 0.3 is 0 Å². The molecular weight excluding hydrogens is 242 g/mol. The Kier molecular flexibility index (Phi) is 3.06. The van der Waals surface area contributed by atoms with Gasteiger partial charge in [-0.2, -0.15) is 4.98 Å². The molecule has 0 radical (unpaired) electrons. The van der Waals surface area contributed by atoms with Crippen LogP contribution in [-0.4, -0.2) is 35.0 Å². The molecule has 7 heteroatoms. The number of amides is 1. The maximum absolute atomic E-state index is 11.6. The molecule has 92 valence electrons. The highest BCUT2D eigenvalue weighted by molar-refractivity contribution is 6.28. The number of rotatable bonds is 1. The van der Waals surface area contributed by atoms with Crippen LogP contribution in [0.4, 0.5) is 11.5 Å². The fourth-order valence-electron chi connectivity index (χ4n) is 1.82. The average Bonchev–Trinajstić information content (AvgIpc) is 2.27. The lowest BCUT2D eigenvalue weighted by atomic mass is 10.2. The molecular formula is C10H14ClN5O. The second kappa shape index (κ2) is 4.37. The molecule has 0 bridgehead atoms. The highest BCUT2D eigenvalue weighted by Crippen LogP contribution is 2.26. The van der Waals surface area contributed by atoms with Crippen LogP contribution in [0.5, 0.6) is 0 Å². The number of aromatic nitrogens is 2. The van der Waals surface area contributed by atoms with Crippen molar-refractivity contribution in [3.05, 3.63) is 11.0 Å². The SMILES string of the molecule is Cc1nc(Cl)nc(N2CCNC(=O)C2C)c1N. The second-order valence-electron chi connectivity index (χ2n) is 3.98. The normalized spacial score (nSPS) is 20.3. The van der Waals surface area contributed by atoms with Crippen molar-refractivity contribution < 1.29 is 4.79 Å². The van der Waals surface area contributed by atoms with E-state index in [4.69, 9.17) is 17.3 Å². The average molecular weight is 256 g/mol. The minimum absolute atomic E-state index is 0.0389. The number of nitrogens with two attached hydrogens (primary N) is 1. The molecule has 0 spiro atoms. The molecule has 0 aromatic carbocycles. The molecule has 3 N–H and O–H groups in total. The van der Waals surface area contributed by atoms with Crippen LogP contribution in [0.2, 0.25) is 5.28 Å². The Balaban J connectivity index is 2.42. The lowest BCUT2D eigenvalue weighted by Gasteiger charge is -2.34. The Labute approximate surface area is 104 Å². The van der Waals surface area contributed by atoms with Crippen LogP contribution in [0.3, 0.4) is 0 Å². The summed E-state index contributed by atoms with van der Waals surface area (Å²) < 4.78 is 0. The molecule has 0 saturated carbocycles. The van der Waals surface area contributed by atoms with Crippen molar-refractivity contribution in [1.29, 1.82) is 0 Å². The molecule has 1 aromatic rings. The number of aryl methyl sites for hydroxylation is 1. The lowest BCUT2D eigenvalue weighted by molar-refractivity contribution is -0.122. The van der Waals surface area contributed by atoms with Crippen molar-refractivity contribution in [2.75, 3.05) is 23.7 Å². The number of anilines is 2. The van der Waals surface area contributed by atoms with Gasteiger partial charge in [-0.15, -0.1) is 0 Å². The Morgan fingerprint density at radius 3 is 2.94 bits per heavy atom. The van der Waals surface area contributed by atoms with Gasteiger partial charge < -0.3 is 16.0 Å². The van der Waals surface area contributed by atoms with Crippen LogP contribution in [-0.2, 0) is 4.79 Å². The summed E-state index contributed by atoms with van der Waals surface area (Å²) in [6.45, 7) is 4.80. The fraction of sp³-hybridized carbons (Fsp3) is 0.500. The van der Waals surface area contributed by atoms with Crippen LogP contribution in [0.25, 0.3) is 0 Å². The van der Waals surface area contributed by atoms with E-state index in [9.17, 15) is 4.79 Å². The Morgan fingerprint density at radius 2 is 2.24 bits per heavy atom. The number of piperazine rings is 1. The third kappa shape index (κ3) is 2.12. The summed E-state index contributed by atoms with van der Waals surface area (Å²) in [5.41, 5.74) is 7.02. The van der Waals surface area contributed by atoms with Crippen molar-refractivity contribution in [2.45, 2.75) is 19.9 Å². The largest absolute Gasteiger partial charge is 0.394 e. The highest BCUT2D eigenvalue weighted by atomic mass is 35.5. The molecule has 17 heavy (non-hydrogen) atoms. The van der Waals surface area contributed by atoms with Gasteiger partial charge in [0.15, 0.2) is 5.82 Å². The molecule has 1 aliphatic heterocycles. The minimum atomic E-state index is -0.309. The third-order valence-electron chi connectivity index (χ3n) is 2.86. The topological polar surface area (TPSA) is 84.1 Å². The van der Waals surface area contributed by atoms with E-state index in [-0.39, 0.29) is 17.2 Å². The van der Waals surface area contributed by atoms with Gasteiger partial charge in [-0.3, -0.25) is 4.79 Å². The van der Waals surface area contributed by atoms with E-state index < -0.39 is 0 Å².